The number of nitrogens with zero attached hydrogens (tertiary/aromatic N) is 1. The molecule has 1 N–H and O–H groups in total. The summed E-state index contributed by atoms with van der Waals surface area (Å²) >= 11 is 1.92. The molecule has 0 bridgehead atoms. The van der Waals surface area contributed by atoms with Crippen LogP contribution >= 0.6 is 11.3 Å². The van der Waals surface area contributed by atoms with Gasteiger partial charge in [-0.15, -0.1) is 11.3 Å². The second-order valence-corrected chi connectivity index (χ2v) is 7.46. The van der Waals surface area contributed by atoms with E-state index in [1.165, 1.54) is 34.8 Å². The minimum absolute atomic E-state index is 0.141. The zero-order chi connectivity index (χ0) is 14.7. The molecule has 0 saturated carbocycles. The van der Waals surface area contributed by atoms with Crippen molar-refractivity contribution in [1.82, 2.24) is 4.90 Å². The summed E-state index contributed by atoms with van der Waals surface area (Å²) in [4.78, 5) is 5.46. The van der Waals surface area contributed by atoms with Crippen molar-refractivity contribution in [3.05, 3.63) is 57.3 Å². The van der Waals surface area contributed by atoms with E-state index in [0.717, 1.165) is 24.4 Å². The lowest BCUT2D eigenvalue weighted by Gasteiger charge is -2.15. The number of benzene rings is 1. The van der Waals surface area contributed by atoms with Gasteiger partial charge in [-0.1, -0.05) is 24.3 Å². The first-order valence-corrected chi connectivity index (χ1v) is 8.51. The summed E-state index contributed by atoms with van der Waals surface area (Å²) in [6, 6.07) is 12.9. The normalized spacial score (nSPS) is 19.2. The van der Waals surface area contributed by atoms with Crippen LogP contribution in [0.5, 0.6) is 0 Å². The summed E-state index contributed by atoms with van der Waals surface area (Å²) in [7, 11) is 0. The predicted molar refractivity (Wildman–Crippen MR) is 88.5 cm³/mol. The Bertz CT molecular complexity index is 592. The molecule has 0 radical (unpaired) electrons. The molecule has 1 fully saturated rings. The van der Waals surface area contributed by atoms with Crippen molar-refractivity contribution in [2.75, 3.05) is 13.1 Å². The molecule has 1 aliphatic rings. The number of likely N-dealkylation sites (tertiary alicyclic amines) is 1. The van der Waals surface area contributed by atoms with Gasteiger partial charge in [0, 0.05) is 22.8 Å². The molecule has 3 rings (SSSR count). The van der Waals surface area contributed by atoms with Crippen molar-refractivity contribution in [2.24, 2.45) is 5.92 Å². The number of thiophene rings is 1. The fourth-order valence-corrected chi connectivity index (χ4v) is 4.13. The van der Waals surface area contributed by atoms with Crippen molar-refractivity contribution >= 4 is 11.3 Å². The summed E-state index contributed by atoms with van der Waals surface area (Å²) in [6.45, 7) is 5.82. The van der Waals surface area contributed by atoms with E-state index in [4.69, 9.17) is 0 Å². The first kappa shape index (κ1) is 14.8. The lowest BCUT2D eigenvalue weighted by Crippen LogP contribution is -2.20. The van der Waals surface area contributed by atoms with Gasteiger partial charge in [0.1, 0.15) is 0 Å². The number of hydrogen-bond acceptors (Lipinski definition) is 3. The Kier molecular flexibility index (Phi) is 4.73. The molecule has 1 atom stereocenters. The van der Waals surface area contributed by atoms with E-state index in [1.54, 1.807) is 0 Å². The number of aryl methyl sites for hydroxylation is 1. The smallest absolute Gasteiger partial charge is 0.0681 e. The first-order chi connectivity index (χ1) is 10.2. The largest absolute Gasteiger partial charge is 0.392 e. The molecule has 0 spiro atoms. The van der Waals surface area contributed by atoms with Gasteiger partial charge < -0.3 is 5.11 Å². The average Bonchev–Trinajstić information content (AvgIpc) is 3.09. The van der Waals surface area contributed by atoms with Crippen molar-refractivity contribution < 1.29 is 5.11 Å². The van der Waals surface area contributed by atoms with Crippen LogP contribution in [0.4, 0.5) is 0 Å². The minimum atomic E-state index is 0.141. The molecule has 1 aromatic carbocycles. The molecule has 21 heavy (non-hydrogen) atoms. The third kappa shape index (κ3) is 3.94. The monoisotopic (exact) mass is 301 g/mol. The first-order valence-electron chi connectivity index (χ1n) is 7.69. The van der Waals surface area contributed by atoms with Gasteiger partial charge in [-0.05, 0) is 55.5 Å². The quantitative estimate of drug-likeness (QED) is 0.912. The third-order valence-electron chi connectivity index (χ3n) is 4.24. The topological polar surface area (TPSA) is 23.5 Å². The van der Waals surface area contributed by atoms with Crippen LogP contribution in [0.3, 0.4) is 0 Å². The number of aliphatic hydroxyl groups excluding tert-OH is 1. The van der Waals surface area contributed by atoms with Crippen molar-refractivity contribution in [3.63, 3.8) is 0 Å². The van der Waals surface area contributed by atoms with Gasteiger partial charge in [0.2, 0.25) is 0 Å². The van der Waals surface area contributed by atoms with Gasteiger partial charge in [0.15, 0.2) is 0 Å². The Balaban J connectivity index is 1.54. The third-order valence-corrected chi connectivity index (χ3v) is 5.23. The van der Waals surface area contributed by atoms with E-state index in [-0.39, 0.29) is 6.61 Å². The molecule has 2 heterocycles. The number of hydrogen-bond donors (Lipinski definition) is 1. The van der Waals surface area contributed by atoms with E-state index in [0.29, 0.717) is 0 Å². The highest BCUT2D eigenvalue weighted by Crippen LogP contribution is 2.25. The van der Waals surface area contributed by atoms with E-state index in [2.05, 4.69) is 42.2 Å². The zero-order valence-corrected chi connectivity index (χ0v) is 13.4. The van der Waals surface area contributed by atoms with Crippen LogP contribution in [0.2, 0.25) is 0 Å². The molecule has 0 amide bonds. The minimum Gasteiger partial charge on any atom is -0.392 e. The Morgan fingerprint density at radius 2 is 2.10 bits per heavy atom. The fourth-order valence-electron chi connectivity index (χ4n) is 3.20. The summed E-state index contributed by atoms with van der Waals surface area (Å²) in [5.74, 6) is 0.750. The molecule has 2 aromatic rings. The zero-order valence-electron chi connectivity index (χ0n) is 12.6. The number of rotatable bonds is 5. The van der Waals surface area contributed by atoms with Crippen molar-refractivity contribution in [3.8, 4) is 0 Å². The summed E-state index contributed by atoms with van der Waals surface area (Å²) in [6.07, 6.45) is 2.42. The van der Waals surface area contributed by atoms with Gasteiger partial charge in [-0.25, -0.2) is 0 Å². The Labute approximate surface area is 131 Å². The van der Waals surface area contributed by atoms with Crippen LogP contribution in [-0.4, -0.2) is 23.1 Å². The number of aliphatic hydroxyl groups is 1. The molecule has 2 nitrogen and oxygen atoms in total. The molecule has 3 heteroatoms. The summed E-state index contributed by atoms with van der Waals surface area (Å²) in [5.41, 5.74) is 2.39. The molecule has 0 aliphatic carbocycles. The van der Waals surface area contributed by atoms with Gasteiger partial charge in [0.25, 0.3) is 0 Å². The van der Waals surface area contributed by atoms with E-state index >= 15 is 0 Å². The average molecular weight is 301 g/mol. The molecule has 1 saturated heterocycles. The summed E-state index contributed by atoms with van der Waals surface area (Å²) < 4.78 is 0. The lowest BCUT2D eigenvalue weighted by molar-refractivity contribution is 0.281. The van der Waals surface area contributed by atoms with E-state index < -0.39 is 0 Å². The molecule has 1 aromatic heterocycles. The maximum atomic E-state index is 9.22. The maximum absolute atomic E-state index is 9.22. The Morgan fingerprint density at radius 1 is 1.24 bits per heavy atom. The highest BCUT2D eigenvalue weighted by Gasteiger charge is 2.22. The second-order valence-electron chi connectivity index (χ2n) is 6.08. The van der Waals surface area contributed by atoms with Crippen molar-refractivity contribution in [2.45, 2.75) is 32.9 Å². The van der Waals surface area contributed by atoms with Crippen LogP contribution in [-0.2, 0) is 19.6 Å². The van der Waals surface area contributed by atoms with E-state index in [9.17, 15) is 5.11 Å². The van der Waals surface area contributed by atoms with Gasteiger partial charge in [-0.3, -0.25) is 4.90 Å². The molecule has 112 valence electrons. The highest BCUT2D eigenvalue weighted by molar-refractivity contribution is 7.11. The van der Waals surface area contributed by atoms with Crippen LogP contribution in [0.15, 0.2) is 36.4 Å². The molecular formula is C18H23NOS. The standard InChI is InChI=1S/C18H23NOS/c1-14-5-6-18(21-14)12-19-8-7-16(11-19)9-15-3-2-4-17(10-15)13-20/h2-6,10,16,20H,7-9,11-13H2,1H3/t16-/m0/s1. The van der Waals surface area contributed by atoms with E-state index in [1.807, 2.05) is 17.4 Å². The predicted octanol–water partition coefficient (Wildman–Crippen LogP) is 3.61. The van der Waals surface area contributed by atoms with Crippen LogP contribution < -0.4 is 0 Å². The van der Waals surface area contributed by atoms with Gasteiger partial charge in [-0.2, -0.15) is 0 Å². The SMILES string of the molecule is Cc1ccc(CN2CC[C@@H](Cc3cccc(CO)c3)C2)s1. The fraction of sp³-hybridized carbons (Fsp3) is 0.444. The molecule has 0 unspecified atom stereocenters. The maximum Gasteiger partial charge on any atom is 0.0681 e. The van der Waals surface area contributed by atoms with Crippen LogP contribution in [0.25, 0.3) is 0 Å². The van der Waals surface area contributed by atoms with Gasteiger partial charge >= 0.3 is 0 Å². The van der Waals surface area contributed by atoms with Gasteiger partial charge in [0.05, 0.1) is 6.61 Å². The molecular weight excluding hydrogens is 278 g/mol. The van der Waals surface area contributed by atoms with Crippen LogP contribution in [0.1, 0.15) is 27.3 Å². The second kappa shape index (κ2) is 6.73. The Morgan fingerprint density at radius 3 is 2.86 bits per heavy atom. The Hall–Kier alpha value is -1.16. The summed E-state index contributed by atoms with van der Waals surface area (Å²) in [5, 5.41) is 9.22. The van der Waals surface area contributed by atoms with Crippen LogP contribution in [0, 0.1) is 12.8 Å². The molecule has 1 aliphatic heterocycles. The van der Waals surface area contributed by atoms with Crippen molar-refractivity contribution in [1.29, 1.82) is 0 Å². The lowest BCUT2D eigenvalue weighted by atomic mass is 9.97. The highest BCUT2D eigenvalue weighted by atomic mass is 32.1.